The van der Waals surface area contributed by atoms with Gasteiger partial charge in [0, 0.05) is 18.4 Å². The molecule has 0 unspecified atom stereocenters. The fraction of sp³-hybridized carbons (Fsp3) is 0.200. The Bertz CT molecular complexity index is 1270. The molecule has 8 nitrogen and oxygen atoms in total. The number of carbonyl (C=O) groups excluding carboxylic acids is 1. The monoisotopic (exact) mass is 513 g/mol. The molecule has 0 aromatic heterocycles. The number of anilines is 2. The second-order valence-electron chi connectivity index (χ2n) is 7.67. The van der Waals surface area contributed by atoms with Gasteiger partial charge in [0.2, 0.25) is 0 Å². The summed E-state index contributed by atoms with van der Waals surface area (Å²) in [5.74, 6) is 0.240. The van der Waals surface area contributed by atoms with E-state index in [0.717, 1.165) is 11.1 Å². The SMILES string of the molecule is COCCOc1ccc(C(=O)NC(=S)Nc2ccc(S(=O)(=O)Nc3c(C)cccc3C)cc2)cc1. The number of aryl methyl sites for hydroxylation is 2. The van der Waals surface area contributed by atoms with Gasteiger partial charge in [0.1, 0.15) is 12.4 Å². The van der Waals surface area contributed by atoms with Gasteiger partial charge in [0.25, 0.3) is 15.9 Å². The minimum absolute atomic E-state index is 0.0830. The largest absolute Gasteiger partial charge is 0.491 e. The van der Waals surface area contributed by atoms with Crippen LogP contribution in [0.15, 0.2) is 71.6 Å². The molecule has 0 saturated carbocycles. The molecule has 35 heavy (non-hydrogen) atoms. The molecule has 0 aliphatic carbocycles. The highest BCUT2D eigenvalue weighted by Crippen LogP contribution is 2.24. The summed E-state index contributed by atoms with van der Waals surface area (Å²) in [6, 6.07) is 18.3. The zero-order chi connectivity index (χ0) is 25.4. The number of rotatable bonds is 9. The van der Waals surface area contributed by atoms with Gasteiger partial charge in [-0.2, -0.15) is 0 Å². The molecule has 0 heterocycles. The quantitative estimate of drug-likeness (QED) is 0.290. The Hall–Kier alpha value is -3.47. The Morgan fingerprint density at radius 3 is 2.14 bits per heavy atom. The summed E-state index contributed by atoms with van der Waals surface area (Å²) in [6.07, 6.45) is 0. The van der Waals surface area contributed by atoms with Crippen LogP contribution in [0.25, 0.3) is 0 Å². The lowest BCUT2D eigenvalue weighted by Gasteiger charge is -2.14. The first-order valence-corrected chi connectivity index (χ1v) is 12.6. The van der Waals surface area contributed by atoms with Crippen LogP contribution in [-0.2, 0) is 14.8 Å². The molecule has 0 bridgehead atoms. The minimum atomic E-state index is -3.77. The number of benzene rings is 3. The first kappa shape index (κ1) is 26.1. The Kier molecular flexibility index (Phi) is 8.80. The Labute approximate surface area is 210 Å². The van der Waals surface area contributed by atoms with Crippen molar-refractivity contribution < 1.29 is 22.7 Å². The van der Waals surface area contributed by atoms with Gasteiger partial charge in [-0.3, -0.25) is 14.8 Å². The van der Waals surface area contributed by atoms with Gasteiger partial charge in [0.15, 0.2) is 5.11 Å². The van der Waals surface area contributed by atoms with Crippen molar-refractivity contribution in [1.29, 1.82) is 0 Å². The van der Waals surface area contributed by atoms with Gasteiger partial charge in [0.05, 0.1) is 17.2 Å². The second-order valence-corrected chi connectivity index (χ2v) is 9.76. The van der Waals surface area contributed by atoms with E-state index in [1.807, 2.05) is 32.0 Å². The van der Waals surface area contributed by atoms with Crippen LogP contribution in [0.5, 0.6) is 5.75 Å². The highest BCUT2D eigenvalue weighted by molar-refractivity contribution is 7.92. The van der Waals surface area contributed by atoms with Gasteiger partial charge >= 0.3 is 0 Å². The molecular weight excluding hydrogens is 486 g/mol. The standard InChI is InChI=1S/C25H27N3O5S2/c1-17-5-4-6-18(2)23(17)28-35(30,31)22-13-9-20(10-14-22)26-25(34)27-24(29)19-7-11-21(12-8-19)33-16-15-32-3/h4-14,28H,15-16H2,1-3H3,(H2,26,27,29,34). The van der Waals surface area contributed by atoms with E-state index in [4.69, 9.17) is 21.7 Å². The minimum Gasteiger partial charge on any atom is -0.491 e. The van der Waals surface area contributed by atoms with E-state index in [1.165, 1.54) is 12.1 Å². The maximum absolute atomic E-state index is 12.8. The highest BCUT2D eigenvalue weighted by Gasteiger charge is 2.17. The topological polar surface area (TPSA) is 106 Å². The van der Waals surface area contributed by atoms with Crippen molar-refractivity contribution in [3.8, 4) is 5.75 Å². The van der Waals surface area contributed by atoms with Crippen LogP contribution in [0, 0.1) is 13.8 Å². The number of amides is 1. The molecule has 0 spiro atoms. The molecule has 1 amide bonds. The number of carbonyl (C=O) groups is 1. The summed E-state index contributed by atoms with van der Waals surface area (Å²) < 4.78 is 38.7. The van der Waals surface area contributed by atoms with Crippen LogP contribution < -0.4 is 20.1 Å². The summed E-state index contributed by atoms with van der Waals surface area (Å²) >= 11 is 5.22. The van der Waals surface area contributed by atoms with Crippen LogP contribution in [0.2, 0.25) is 0 Å². The lowest BCUT2D eigenvalue weighted by Crippen LogP contribution is -2.34. The van der Waals surface area contributed by atoms with E-state index in [1.54, 1.807) is 43.5 Å². The van der Waals surface area contributed by atoms with Crippen LogP contribution in [0.3, 0.4) is 0 Å². The fourth-order valence-electron chi connectivity index (χ4n) is 3.17. The van der Waals surface area contributed by atoms with Crippen molar-refractivity contribution in [2.75, 3.05) is 30.4 Å². The van der Waals surface area contributed by atoms with Gasteiger partial charge in [-0.15, -0.1) is 0 Å². The van der Waals surface area contributed by atoms with E-state index in [-0.39, 0.29) is 15.9 Å². The zero-order valence-electron chi connectivity index (χ0n) is 19.6. The second kappa shape index (κ2) is 11.8. The molecule has 0 saturated heterocycles. The van der Waals surface area contributed by atoms with E-state index in [9.17, 15) is 13.2 Å². The number of sulfonamides is 1. The first-order valence-electron chi connectivity index (χ1n) is 10.7. The molecule has 3 aromatic carbocycles. The molecule has 184 valence electrons. The van der Waals surface area contributed by atoms with Gasteiger partial charge < -0.3 is 14.8 Å². The maximum atomic E-state index is 12.8. The highest BCUT2D eigenvalue weighted by atomic mass is 32.2. The number of methoxy groups -OCH3 is 1. The van der Waals surface area contributed by atoms with Crippen molar-refractivity contribution in [3.05, 3.63) is 83.4 Å². The molecule has 0 aliphatic heterocycles. The average molecular weight is 514 g/mol. The molecule has 3 aromatic rings. The Morgan fingerprint density at radius 1 is 0.914 bits per heavy atom. The summed E-state index contributed by atoms with van der Waals surface area (Å²) in [7, 11) is -2.18. The van der Waals surface area contributed by atoms with Crippen molar-refractivity contribution in [1.82, 2.24) is 5.32 Å². The molecular formula is C25H27N3O5S2. The third kappa shape index (κ3) is 7.25. The number of hydrogen-bond donors (Lipinski definition) is 3. The van der Waals surface area contributed by atoms with Crippen molar-refractivity contribution >= 4 is 44.6 Å². The normalized spacial score (nSPS) is 10.9. The average Bonchev–Trinajstić information content (AvgIpc) is 2.82. The smallest absolute Gasteiger partial charge is 0.261 e. The van der Waals surface area contributed by atoms with E-state index in [0.29, 0.717) is 35.9 Å². The molecule has 3 rings (SSSR count). The predicted molar refractivity (Wildman–Crippen MR) is 141 cm³/mol. The Morgan fingerprint density at radius 2 is 1.54 bits per heavy atom. The van der Waals surface area contributed by atoms with Gasteiger partial charge in [-0.05, 0) is 85.7 Å². The zero-order valence-corrected chi connectivity index (χ0v) is 21.3. The lowest BCUT2D eigenvalue weighted by atomic mass is 10.1. The van der Waals surface area contributed by atoms with E-state index >= 15 is 0 Å². The maximum Gasteiger partial charge on any atom is 0.261 e. The summed E-state index contributed by atoms with van der Waals surface area (Å²) in [6.45, 7) is 4.58. The van der Waals surface area contributed by atoms with Crippen LogP contribution >= 0.6 is 12.2 Å². The van der Waals surface area contributed by atoms with Crippen LogP contribution in [0.4, 0.5) is 11.4 Å². The third-order valence-corrected chi connectivity index (χ3v) is 6.61. The van der Waals surface area contributed by atoms with E-state index in [2.05, 4.69) is 15.4 Å². The summed E-state index contributed by atoms with van der Waals surface area (Å²) in [4.78, 5) is 12.5. The van der Waals surface area contributed by atoms with Gasteiger partial charge in [-0.25, -0.2) is 8.42 Å². The van der Waals surface area contributed by atoms with Crippen LogP contribution in [-0.4, -0.2) is 39.8 Å². The number of nitrogens with one attached hydrogen (secondary N) is 3. The number of ether oxygens (including phenoxy) is 2. The molecule has 10 heteroatoms. The lowest BCUT2D eigenvalue weighted by molar-refractivity contribution is 0.0977. The first-order chi connectivity index (χ1) is 16.7. The molecule has 3 N–H and O–H groups in total. The van der Waals surface area contributed by atoms with Gasteiger partial charge in [-0.1, -0.05) is 18.2 Å². The molecule has 0 aliphatic rings. The Balaban J connectivity index is 1.58. The van der Waals surface area contributed by atoms with Crippen LogP contribution in [0.1, 0.15) is 21.5 Å². The number of para-hydroxylation sites is 1. The van der Waals surface area contributed by atoms with Crippen molar-refractivity contribution in [2.45, 2.75) is 18.7 Å². The van der Waals surface area contributed by atoms with Crippen molar-refractivity contribution in [2.24, 2.45) is 0 Å². The third-order valence-electron chi connectivity index (χ3n) is 5.04. The molecule has 0 radical (unpaired) electrons. The summed E-state index contributed by atoms with van der Waals surface area (Å²) in [5, 5.41) is 5.56. The number of hydrogen-bond acceptors (Lipinski definition) is 6. The van der Waals surface area contributed by atoms with Crippen molar-refractivity contribution in [3.63, 3.8) is 0 Å². The molecule has 0 fully saturated rings. The molecule has 0 atom stereocenters. The van der Waals surface area contributed by atoms with E-state index < -0.39 is 10.0 Å². The number of thiocarbonyl (C=S) groups is 1. The predicted octanol–water partition coefficient (Wildman–Crippen LogP) is 4.26. The fourth-order valence-corrected chi connectivity index (χ4v) is 4.58. The summed E-state index contributed by atoms with van der Waals surface area (Å²) in [5.41, 5.74) is 3.17.